The van der Waals surface area contributed by atoms with Gasteiger partial charge in [-0.15, -0.1) is 0 Å². The first-order chi connectivity index (χ1) is 9.77. The highest BCUT2D eigenvalue weighted by atomic mass is 35.5. The normalized spacial score (nSPS) is 13.0. The SMILES string of the molecule is CC(C)(C)C(NC(=O)O)c1ncc(-c2cnc(Cl)nc2)[nH]1. The predicted molar refractivity (Wildman–Crippen MR) is 78.0 cm³/mol. The number of amides is 1. The van der Waals surface area contributed by atoms with Gasteiger partial charge in [0.05, 0.1) is 17.9 Å². The van der Waals surface area contributed by atoms with E-state index in [2.05, 4.69) is 25.3 Å². The smallest absolute Gasteiger partial charge is 0.405 e. The Hall–Kier alpha value is -2.15. The quantitative estimate of drug-likeness (QED) is 0.756. The van der Waals surface area contributed by atoms with Crippen LogP contribution >= 0.6 is 11.6 Å². The molecule has 2 rings (SSSR count). The second-order valence-corrected chi connectivity index (χ2v) is 6.01. The standard InChI is InChI=1S/C13H16ClN5O2/c1-13(2,3)9(19-12(20)21)10-15-6-8(18-10)7-4-16-11(14)17-5-7/h4-6,9,19H,1-3H3,(H,15,18)(H,20,21). The second-order valence-electron chi connectivity index (χ2n) is 5.67. The molecule has 1 atom stereocenters. The van der Waals surface area contributed by atoms with Gasteiger partial charge in [0.25, 0.3) is 0 Å². The average molecular weight is 310 g/mol. The summed E-state index contributed by atoms with van der Waals surface area (Å²) >= 11 is 5.65. The highest BCUT2D eigenvalue weighted by molar-refractivity contribution is 6.28. The predicted octanol–water partition coefficient (Wildman–Crippen LogP) is 2.87. The van der Waals surface area contributed by atoms with Crippen LogP contribution in [0, 0.1) is 5.41 Å². The summed E-state index contributed by atoms with van der Waals surface area (Å²) < 4.78 is 0. The summed E-state index contributed by atoms with van der Waals surface area (Å²) in [5.74, 6) is 0.537. The molecular weight excluding hydrogens is 294 g/mol. The van der Waals surface area contributed by atoms with E-state index in [9.17, 15) is 4.79 Å². The van der Waals surface area contributed by atoms with Crippen LogP contribution in [0.5, 0.6) is 0 Å². The van der Waals surface area contributed by atoms with Crippen LogP contribution in [0.3, 0.4) is 0 Å². The van der Waals surface area contributed by atoms with Crippen LogP contribution in [-0.2, 0) is 0 Å². The maximum Gasteiger partial charge on any atom is 0.405 e. The van der Waals surface area contributed by atoms with Crippen LogP contribution < -0.4 is 5.32 Å². The van der Waals surface area contributed by atoms with Gasteiger partial charge in [0.2, 0.25) is 5.28 Å². The minimum Gasteiger partial charge on any atom is -0.465 e. The fourth-order valence-corrected chi connectivity index (χ4v) is 2.00. The average Bonchev–Trinajstić information content (AvgIpc) is 2.84. The molecule has 1 unspecified atom stereocenters. The van der Waals surface area contributed by atoms with E-state index in [0.29, 0.717) is 11.5 Å². The number of rotatable bonds is 3. The minimum atomic E-state index is -1.09. The van der Waals surface area contributed by atoms with Gasteiger partial charge >= 0.3 is 6.09 Å². The molecule has 0 aliphatic rings. The van der Waals surface area contributed by atoms with Crippen molar-refractivity contribution < 1.29 is 9.90 Å². The van der Waals surface area contributed by atoms with E-state index in [0.717, 1.165) is 5.56 Å². The van der Waals surface area contributed by atoms with E-state index in [-0.39, 0.29) is 10.7 Å². The molecule has 0 aliphatic heterocycles. The highest BCUT2D eigenvalue weighted by Gasteiger charge is 2.30. The Morgan fingerprint density at radius 1 is 1.29 bits per heavy atom. The Bertz CT molecular complexity index is 633. The number of carbonyl (C=O) groups is 1. The summed E-state index contributed by atoms with van der Waals surface area (Å²) in [6, 6.07) is -0.461. The van der Waals surface area contributed by atoms with Gasteiger partial charge in [-0.3, -0.25) is 0 Å². The maximum absolute atomic E-state index is 11.0. The van der Waals surface area contributed by atoms with Gasteiger partial charge in [-0.05, 0) is 17.0 Å². The summed E-state index contributed by atoms with van der Waals surface area (Å²) in [4.78, 5) is 26.1. The van der Waals surface area contributed by atoms with Crippen molar-refractivity contribution in [3.8, 4) is 11.3 Å². The summed E-state index contributed by atoms with van der Waals surface area (Å²) in [6.07, 6.45) is 3.67. The van der Waals surface area contributed by atoms with E-state index in [1.54, 1.807) is 18.6 Å². The van der Waals surface area contributed by atoms with Crippen molar-refractivity contribution in [1.82, 2.24) is 25.3 Å². The Morgan fingerprint density at radius 2 is 1.90 bits per heavy atom. The largest absolute Gasteiger partial charge is 0.465 e. The number of carboxylic acid groups (broad SMARTS) is 1. The molecule has 8 heteroatoms. The Morgan fingerprint density at radius 3 is 2.43 bits per heavy atom. The number of nitrogens with one attached hydrogen (secondary N) is 2. The van der Waals surface area contributed by atoms with Crippen LogP contribution in [0.4, 0.5) is 4.79 Å². The van der Waals surface area contributed by atoms with E-state index in [4.69, 9.17) is 16.7 Å². The van der Waals surface area contributed by atoms with Crippen molar-refractivity contribution in [2.45, 2.75) is 26.8 Å². The van der Waals surface area contributed by atoms with Crippen molar-refractivity contribution in [2.75, 3.05) is 0 Å². The molecule has 0 fully saturated rings. The van der Waals surface area contributed by atoms with Crippen molar-refractivity contribution in [3.05, 3.63) is 29.7 Å². The number of aromatic amines is 1. The molecule has 2 aromatic heterocycles. The van der Waals surface area contributed by atoms with Gasteiger partial charge in [-0.25, -0.2) is 19.7 Å². The van der Waals surface area contributed by atoms with Gasteiger partial charge in [0, 0.05) is 18.0 Å². The second kappa shape index (κ2) is 5.69. The maximum atomic E-state index is 11.0. The summed E-state index contributed by atoms with van der Waals surface area (Å²) in [5.41, 5.74) is 1.09. The van der Waals surface area contributed by atoms with Gasteiger partial charge in [0.1, 0.15) is 5.82 Å². The van der Waals surface area contributed by atoms with Crippen molar-refractivity contribution in [3.63, 3.8) is 0 Å². The lowest BCUT2D eigenvalue weighted by Gasteiger charge is -2.28. The van der Waals surface area contributed by atoms with Gasteiger partial charge < -0.3 is 15.4 Å². The van der Waals surface area contributed by atoms with Gasteiger partial charge in [-0.1, -0.05) is 20.8 Å². The third kappa shape index (κ3) is 3.69. The zero-order chi connectivity index (χ0) is 15.6. The number of halogens is 1. The molecule has 2 aromatic rings. The van der Waals surface area contributed by atoms with Gasteiger partial charge in [-0.2, -0.15) is 0 Å². The molecule has 21 heavy (non-hydrogen) atoms. The number of imidazole rings is 1. The van der Waals surface area contributed by atoms with E-state index in [1.165, 1.54) is 0 Å². The topological polar surface area (TPSA) is 104 Å². The molecule has 0 aromatic carbocycles. The third-order valence-electron chi connectivity index (χ3n) is 2.93. The van der Waals surface area contributed by atoms with Gasteiger partial charge in [0.15, 0.2) is 0 Å². The number of hydrogen-bond acceptors (Lipinski definition) is 4. The van der Waals surface area contributed by atoms with Crippen molar-refractivity contribution >= 4 is 17.7 Å². The minimum absolute atomic E-state index is 0.165. The molecule has 0 radical (unpaired) electrons. The molecule has 0 saturated carbocycles. The summed E-state index contributed by atoms with van der Waals surface area (Å²) in [5, 5.41) is 11.6. The molecule has 2 heterocycles. The number of hydrogen-bond donors (Lipinski definition) is 3. The summed E-state index contributed by atoms with van der Waals surface area (Å²) in [6.45, 7) is 5.80. The molecule has 0 aliphatic carbocycles. The molecule has 3 N–H and O–H groups in total. The fraction of sp³-hybridized carbons (Fsp3) is 0.385. The van der Waals surface area contributed by atoms with Crippen molar-refractivity contribution in [1.29, 1.82) is 0 Å². The third-order valence-corrected chi connectivity index (χ3v) is 3.13. The lowest BCUT2D eigenvalue weighted by Crippen LogP contribution is -2.36. The van der Waals surface area contributed by atoms with E-state index in [1.807, 2.05) is 20.8 Å². The summed E-state index contributed by atoms with van der Waals surface area (Å²) in [7, 11) is 0. The van der Waals surface area contributed by atoms with Crippen LogP contribution in [0.2, 0.25) is 5.28 Å². The Labute approximate surface area is 126 Å². The number of aromatic nitrogens is 4. The van der Waals surface area contributed by atoms with Crippen molar-refractivity contribution in [2.24, 2.45) is 5.41 Å². The Kier molecular flexibility index (Phi) is 4.13. The van der Waals surface area contributed by atoms with Crippen LogP contribution in [0.15, 0.2) is 18.6 Å². The van der Waals surface area contributed by atoms with Crippen LogP contribution in [-0.4, -0.2) is 31.1 Å². The lowest BCUT2D eigenvalue weighted by molar-refractivity contribution is 0.173. The molecule has 0 bridgehead atoms. The first-order valence-corrected chi connectivity index (χ1v) is 6.67. The molecule has 112 valence electrons. The molecule has 0 spiro atoms. The van der Waals surface area contributed by atoms with E-state index >= 15 is 0 Å². The molecular formula is C13H16ClN5O2. The fourth-order valence-electron chi connectivity index (χ4n) is 1.90. The molecule has 0 saturated heterocycles. The first-order valence-electron chi connectivity index (χ1n) is 6.29. The zero-order valence-electron chi connectivity index (χ0n) is 11.9. The molecule has 1 amide bonds. The van der Waals surface area contributed by atoms with E-state index < -0.39 is 12.1 Å². The Balaban J connectivity index is 2.32. The first kappa shape index (κ1) is 15.2. The monoisotopic (exact) mass is 309 g/mol. The lowest BCUT2D eigenvalue weighted by atomic mass is 9.86. The number of nitrogens with zero attached hydrogens (tertiary/aromatic N) is 3. The highest BCUT2D eigenvalue weighted by Crippen LogP contribution is 2.32. The zero-order valence-corrected chi connectivity index (χ0v) is 12.6. The molecule has 7 nitrogen and oxygen atoms in total. The van der Waals surface area contributed by atoms with Crippen LogP contribution in [0.25, 0.3) is 11.3 Å². The number of H-pyrrole nitrogens is 1. The van der Waals surface area contributed by atoms with Crippen LogP contribution in [0.1, 0.15) is 32.6 Å².